The second-order valence-electron chi connectivity index (χ2n) is 1.67. The highest BCUT2D eigenvalue weighted by atomic mass is 16.7. The van der Waals surface area contributed by atoms with Gasteiger partial charge in [-0.15, -0.1) is 0 Å². The molecule has 2 amide bonds. The number of nitrogens with one attached hydrogen (secondary N) is 2. The first-order chi connectivity index (χ1) is 5.66. The van der Waals surface area contributed by atoms with Crippen LogP contribution in [0.4, 0.5) is 9.59 Å². The van der Waals surface area contributed by atoms with Crippen LogP contribution in [-0.2, 0) is 9.47 Å². The van der Waals surface area contributed by atoms with E-state index in [1.165, 1.54) is 7.11 Å². The Labute approximate surface area is 68.6 Å². The first-order valence-corrected chi connectivity index (χ1v) is 3.03. The highest BCUT2D eigenvalue weighted by Gasteiger charge is 1.99. The Morgan fingerprint density at radius 3 is 2.58 bits per heavy atom. The smallest absolute Gasteiger partial charge is 0.410 e. The maximum atomic E-state index is 10.5. The number of amides is 2. The van der Waals surface area contributed by atoms with Gasteiger partial charge in [-0.1, -0.05) is 0 Å². The molecule has 0 aromatic carbocycles. The molecule has 0 aromatic rings. The Kier molecular flexibility index (Phi) is 5.45. The molecule has 7 nitrogen and oxygen atoms in total. The minimum atomic E-state index is -1.22. The van der Waals surface area contributed by atoms with E-state index in [-0.39, 0.29) is 13.5 Å². The molecule has 0 atom stereocenters. The zero-order chi connectivity index (χ0) is 9.40. The minimum Gasteiger partial charge on any atom is -0.465 e. The average Bonchev–Trinajstić information content (AvgIpc) is 2.00. The van der Waals surface area contributed by atoms with Crippen LogP contribution >= 0.6 is 0 Å². The lowest BCUT2D eigenvalue weighted by Gasteiger charge is -2.04. The van der Waals surface area contributed by atoms with Crippen molar-refractivity contribution in [3.63, 3.8) is 0 Å². The molecule has 3 N–H and O–H groups in total. The standard InChI is InChI=1S/C5H10N2O5/c1-11-3-12-5(10)7-2-6-4(8)9/h6H,2-3H2,1H3,(H,7,10)(H,8,9). The third-order valence-corrected chi connectivity index (χ3v) is 0.780. The molecular formula is C5H10N2O5. The molecule has 0 radical (unpaired) electrons. The van der Waals surface area contributed by atoms with Gasteiger partial charge in [0.1, 0.15) is 0 Å². The third kappa shape index (κ3) is 6.62. The van der Waals surface area contributed by atoms with Crippen LogP contribution in [0.25, 0.3) is 0 Å². The maximum Gasteiger partial charge on any atom is 0.410 e. The van der Waals surface area contributed by atoms with E-state index in [2.05, 4.69) is 14.8 Å². The summed E-state index contributed by atoms with van der Waals surface area (Å²) in [7, 11) is 1.36. The summed E-state index contributed by atoms with van der Waals surface area (Å²) in [6.07, 6.45) is -1.97. The SMILES string of the molecule is COCOC(=O)NCNC(=O)O. The monoisotopic (exact) mass is 178 g/mol. The van der Waals surface area contributed by atoms with Crippen molar-refractivity contribution in [3.05, 3.63) is 0 Å². The second kappa shape index (κ2) is 6.23. The summed E-state index contributed by atoms with van der Waals surface area (Å²) in [5.41, 5.74) is 0. The molecule has 0 spiro atoms. The first kappa shape index (κ1) is 10.5. The quantitative estimate of drug-likeness (QED) is 0.506. The van der Waals surface area contributed by atoms with Crippen molar-refractivity contribution in [3.8, 4) is 0 Å². The van der Waals surface area contributed by atoms with Crippen molar-refractivity contribution in [1.29, 1.82) is 0 Å². The molecule has 7 heteroatoms. The van der Waals surface area contributed by atoms with E-state index in [0.717, 1.165) is 0 Å². The number of carboxylic acid groups (broad SMARTS) is 1. The van der Waals surface area contributed by atoms with E-state index < -0.39 is 12.2 Å². The fourth-order valence-corrected chi connectivity index (χ4v) is 0.355. The van der Waals surface area contributed by atoms with Crippen molar-refractivity contribution in [1.82, 2.24) is 10.6 Å². The zero-order valence-corrected chi connectivity index (χ0v) is 6.49. The maximum absolute atomic E-state index is 10.5. The van der Waals surface area contributed by atoms with Crippen LogP contribution in [0.1, 0.15) is 0 Å². The van der Waals surface area contributed by atoms with Gasteiger partial charge in [-0.05, 0) is 0 Å². The predicted octanol–water partition coefficient (Wildman–Crippen LogP) is -0.458. The van der Waals surface area contributed by atoms with Gasteiger partial charge in [0.25, 0.3) is 0 Å². The predicted molar refractivity (Wildman–Crippen MR) is 37.5 cm³/mol. The summed E-state index contributed by atoms with van der Waals surface area (Å²) < 4.78 is 8.79. The fourth-order valence-electron chi connectivity index (χ4n) is 0.355. The lowest BCUT2D eigenvalue weighted by molar-refractivity contribution is 0.0119. The van der Waals surface area contributed by atoms with Crippen molar-refractivity contribution < 1.29 is 24.2 Å². The topological polar surface area (TPSA) is 96.9 Å². The van der Waals surface area contributed by atoms with E-state index in [9.17, 15) is 9.59 Å². The van der Waals surface area contributed by atoms with E-state index in [0.29, 0.717) is 0 Å². The molecule has 0 saturated carbocycles. The molecule has 0 aromatic heterocycles. The van der Waals surface area contributed by atoms with Gasteiger partial charge in [-0.2, -0.15) is 0 Å². The molecule has 0 bridgehead atoms. The molecule has 70 valence electrons. The van der Waals surface area contributed by atoms with E-state index in [1.54, 1.807) is 0 Å². The van der Waals surface area contributed by atoms with Gasteiger partial charge in [0.15, 0.2) is 6.79 Å². The van der Waals surface area contributed by atoms with Crippen molar-refractivity contribution in [2.45, 2.75) is 0 Å². The number of hydrogen-bond acceptors (Lipinski definition) is 4. The molecule has 0 rings (SSSR count). The van der Waals surface area contributed by atoms with Crippen LogP contribution in [0.15, 0.2) is 0 Å². The van der Waals surface area contributed by atoms with Crippen molar-refractivity contribution in [2.24, 2.45) is 0 Å². The summed E-state index contributed by atoms with van der Waals surface area (Å²) in [6, 6.07) is 0. The molecule has 0 aliphatic heterocycles. The van der Waals surface area contributed by atoms with Crippen LogP contribution in [-0.4, -0.2) is 37.9 Å². The molecule has 0 fully saturated rings. The summed E-state index contributed by atoms with van der Waals surface area (Å²) in [5, 5.41) is 12.1. The highest BCUT2D eigenvalue weighted by molar-refractivity contribution is 5.68. The summed E-state index contributed by atoms with van der Waals surface area (Å²) in [4.78, 5) is 20.4. The number of carbonyl (C=O) groups is 2. The van der Waals surface area contributed by atoms with Gasteiger partial charge in [-0.25, -0.2) is 9.59 Å². The molecular weight excluding hydrogens is 168 g/mol. The Morgan fingerprint density at radius 2 is 2.08 bits per heavy atom. The van der Waals surface area contributed by atoms with E-state index >= 15 is 0 Å². The largest absolute Gasteiger partial charge is 0.465 e. The fraction of sp³-hybridized carbons (Fsp3) is 0.600. The van der Waals surface area contributed by atoms with Gasteiger partial charge >= 0.3 is 12.2 Å². The van der Waals surface area contributed by atoms with E-state index in [1.807, 2.05) is 5.32 Å². The number of alkyl carbamates (subject to hydrolysis) is 1. The number of carbonyl (C=O) groups excluding carboxylic acids is 1. The Morgan fingerprint density at radius 1 is 1.42 bits per heavy atom. The van der Waals surface area contributed by atoms with Crippen molar-refractivity contribution in [2.75, 3.05) is 20.6 Å². The number of rotatable bonds is 4. The van der Waals surface area contributed by atoms with Crippen LogP contribution < -0.4 is 10.6 Å². The molecule has 12 heavy (non-hydrogen) atoms. The zero-order valence-electron chi connectivity index (χ0n) is 6.49. The molecule has 0 aliphatic rings. The van der Waals surface area contributed by atoms with Gasteiger partial charge < -0.3 is 25.2 Å². The van der Waals surface area contributed by atoms with Crippen LogP contribution in [0.2, 0.25) is 0 Å². The van der Waals surface area contributed by atoms with Crippen LogP contribution in [0.5, 0.6) is 0 Å². The first-order valence-electron chi connectivity index (χ1n) is 3.03. The number of ether oxygens (including phenoxy) is 2. The lowest BCUT2D eigenvalue weighted by Crippen LogP contribution is -2.36. The van der Waals surface area contributed by atoms with Gasteiger partial charge in [0, 0.05) is 7.11 Å². The Balaban J connectivity index is 3.25. The minimum absolute atomic E-state index is 0.168. The highest BCUT2D eigenvalue weighted by Crippen LogP contribution is 1.75. The van der Waals surface area contributed by atoms with Gasteiger partial charge in [-0.3, -0.25) is 0 Å². The summed E-state index contributed by atoms with van der Waals surface area (Å²) in [6.45, 7) is -0.364. The summed E-state index contributed by atoms with van der Waals surface area (Å²) in [5.74, 6) is 0. The van der Waals surface area contributed by atoms with Crippen molar-refractivity contribution >= 4 is 12.2 Å². The van der Waals surface area contributed by atoms with Gasteiger partial charge in [0.2, 0.25) is 0 Å². The van der Waals surface area contributed by atoms with Crippen LogP contribution in [0.3, 0.4) is 0 Å². The Hall–Kier alpha value is -1.50. The molecule has 0 saturated heterocycles. The Bertz CT molecular complexity index is 160. The summed E-state index contributed by atoms with van der Waals surface area (Å²) >= 11 is 0. The second-order valence-corrected chi connectivity index (χ2v) is 1.67. The number of methoxy groups -OCH3 is 1. The molecule has 0 heterocycles. The average molecular weight is 178 g/mol. The van der Waals surface area contributed by atoms with Gasteiger partial charge in [0.05, 0.1) is 6.67 Å². The molecule has 0 unspecified atom stereocenters. The number of hydrogen-bond donors (Lipinski definition) is 3. The van der Waals surface area contributed by atoms with Crippen LogP contribution in [0, 0.1) is 0 Å². The third-order valence-electron chi connectivity index (χ3n) is 0.780. The normalized spacial score (nSPS) is 8.75. The van der Waals surface area contributed by atoms with E-state index in [4.69, 9.17) is 5.11 Å². The lowest BCUT2D eigenvalue weighted by atomic mass is 10.9. The molecule has 0 aliphatic carbocycles.